The first-order valence-corrected chi connectivity index (χ1v) is 9.17. The van der Waals surface area contributed by atoms with Crippen molar-refractivity contribution in [1.29, 1.82) is 0 Å². The standard InChI is InChI=1S/C19H20ClN3O5/c20-16-3-1-2-4-19(16)27-11-12-28-21-14-15-5-6-17(18(13-15)23(24)25)22-7-9-26-10-8-22/h1-6,13-14H,7-12H2/b21-14-. The Kier molecular flexibility index (Phi) is 7.05. The number of oxime groups is 1. The van der Waals surface area contributed by atoms with Gasteiger partial charge in [0.15, 0.2) is 6.61 Å². The highest BCUT2D eigenvalue weighted by atomic mass is 35.5. The lowest BCUT2D eigenvalue weighted by atomic mass is 10.1. The molecule has 0 aromatic heterocycles. The van der Waals surface area contributed by atoms with Crippen LogP contribution in [0.4, 0.5) is 11.4 Å². The molecular formula is C19H20ClN3O5. The Morgan fingerprint density at radius 2 is 2.00 bits per heavy atom. The Bertz CT molecular complexity index is 840. The Balaban J connectivity index is 1.54. The predicted molar refractivity (Wildman–Crippen MR) is 107 cm³/mol. The molecule has 1 fully saturated rings. The second-order valence-corrected chi connectivity index (χ2v) is 6.36. The number of hydrogen-bond donors (Lipinski definition) is 0. The van der Waals surface area contributed by atoms with Crippen LogP contribution in [0.2, 0.25) is 5.02 Å². The minimum Gasteiger partial charge on any atom is -0.488 e. The number of morpholine rings is 1. The summed E-state index contributed by atoms with van der Waals surface area (Å²) >= 11 is 5.99. The molecule has 148 valence electrons. The zero-order valence-electron chi connectivity index (χ0n) is 15.1. The average Bonchev–Trinajstić information content (AvgIpc) is 2.72. The van der Waals surface area contributed by atoms with Crippen molar-refractivity contribution in [1.82, 2.24) is 0 Å². The monoisotopic (exact) mass is 405 g/mol. The van der Waals surface area contributed by atoms with E-state index in [1.807, 2.05) is 17.0 Å². The van der Waals surface area contributed by atoms with Crippen molar-refractivity contribution in [3.8, 4) is 5.75 Å². The summed E-state index contributed by atoms with van der Waals surface area (Å²) in [6.45, 7) is 2.87. The molecule has 2 aromatic carbocycles. The normalized spacial score (nSPS) is 14.2. The van der Waals surface area contributed by atoms with E-state index in [4.69, 9.17) is 25.9 Å². The van der Waals surface area contributed by atoms with Crippen LogP contribution in [0.25, 0.3) is 0 Å². The molecule has 0 bridgehead atoms. The van der Waals surface area contributed by atoms with Crippen LogP contribution in [0.5, 0.6) is 5.75 Å². The van der Waals surface area contributed by atoms with Gasteiger partial charge in [0.2, 0.25) is 0 Å². The Labute approximate surface area is 167 Å². The van der Waals surface area contributed by atoms with Gasteiger partial charge in [0.1, 0.15) is 18.0 Å². The molecule has 1 aliphatic rings. The van der Waals surface area contributed by atoms with Crippen LogP contribution >= 0.6 is 11.6 Å². The minimum absolute atomic E-state index is 0.0351. The fourth-order valence-electron chi connectivity index (χ4n) is 2.74. The summed E-state index contributed by atoms with van der Waals surface area (Å²) in [5.41, 5.74) is 1.20. The Hall–Kier alpha value is -2.84. The van der Waals surface area contributed by atoms with Crippen LogP contribution in [0, 0.1) is 10.1 Å². The maximum atomic E-state index is 11.4. The van der Waals surface area contributed by atoms with E-state index in [1.54, 1.807) is 24.3 Å². The van der Waals surface area contributed by atoms with Crippen LogP contribution in [0.3, 0.4) is 0 Å². The second-order valence-electron chi connectivity index (χ2n) is 5.95. The van der Waals surface area contributed by atoms with Crippen molar-refractivity contribution >= 4 is 29.2 Å². The van der Waals surface area contributed by atoms with Gasteiger partial charge >= 0.3 is 0 Å². The molecule has 0 N–H and O–H groups in total. The maximum Gasteiger partial charge on any atom is 0.293 e. The molecule has 0 atom stereocenters. The number of nitrogens with zero attached hydrogens (tertiary/aromatic N) is 3. The first kappa shape index (κ1) is 19.9. The van der Waals surface area contributed by atoms with Gasteiger partial charge < -0.3 is 19.2 Å². The summed E-state index contributed by atoms with van der Waals surface area (Å²) in [4.78, 5) is 18.2. The largest absolute Gasteiger partial charge is 0.488 e. The number of rotatable bonds is 8. The van der Waals surface area contributed by atoms with Crippen molar-refractivity contribution in [3.05, 3.63) is 63.2 Å². The third-order valence-electron chi connectivity index (χ3n) is 4.09. The SMILES string of the molecule is O=[N+]([O-])c1cc(/C=N\OCCOc2ccccc2Cl)ccc1N1CCOCC1. The quantitative estimate of drug-likeness (QED) is 0.289. The fraction of sp³-hybridized carbons (Fsp3) is 0.316. The van der Waals surface area contributed by atoms with Crippen molar-refractivity contribution in [3.63, 3.8) is 0 Å². The van der Waals surface area contributed by atoms with E-state index >= 15 is 0 Å². The van der Waals surface area contributed by atoms with E-state index in [0.717, 1.165) is 0 Å². The van der Waals surface area contributed by atoms with E-state index in [0.29, 0.717) is 48.3 Å². The average molecular weight is 406 g/mol. The van der Waals surface area contributed by atoms with Crippen LogP contribution in [-0.4, -0.2) is 50.7 Å². The summed E-state index contributed by atoms with van der Waals surface area (Å²) < 4.78 is 10.8. The number of para-hydroxylation sites is 1. The molecule has 0 spiro atoms. The lowest BCUT2D eigenvalue weighted by Crippen LogP contribution is -2.36. The Morgan fingerprint density at radius 3 is 2.75 bits per heavy atom. The summed E-state index contributed by atoms with van der Waals surface area (Å²) in [5, 5.41) is 15.8. The number of nitro groups is 1. The fourth-order valence-corrected chi connectivity index (χ4v) is 2.93. The molecule has 28 heavy (non-hydrogen) atoms. The van der Waals surface area contributed by atoms with Crippen LogP contribution in [0.1, 0.15) is 5.56 Å². The maximum absolute atomic E-state index is 11.4. The predicted octanol–water partition coefficient (Wildman–Crippen LogP) is 3.51. The van der Waals surface area contributed by atoms with Crippen molar-refractivity contribution < 1.29 is 19.2 Å². The molecule has 1 saturated heterocycles. The molecular weight excluding hydrogens is 386 g/mol. The van der Waals surface area contributed by atoms with Gasteiger partial charge in [0.05, 0.1) is 29.4 Å². The molecule has 2 aromatic rings. The molecule has 1 heterocycles. The highest BCUT2D eigenvalue weighted by Gasteiger charge is 2.21. The second kappa shape index (κ2) is 9.91. The van der Waals surface area contributed by atoms with Gasteiger partial charge in [-0.05, 0) is 18.2 Å². The van der Waals surface area contributed by atoms with Gasteiger partial charge in [-0.25, -0.2) is 0 Å². The number of halogens is 1. The van der Waals surface area contributed by atoms with E-state index in [1.165, 1.54) is 12.3 Å². The topological polar surface area (TPSA) is 86.4 Å². The Morgan fingerprint density at radius 1 is 1.21 bits per heavy atom. The first-order valence-electron chi connectivity index (χ1n) is 8.79. The van der Waals surface area contributed by atoms with Crippen LogP contribution in [-0.2, 0) is 9.57 Å². The van der Waals surface area contributed by atoms with Crippen molar-refractivity contribution in [2.24, 2.45) is 5.16 Å². The molecule has 3 rings (SSSR count). The van der Waals surface area contributed by atoms with E-state index in [9.17, 15) is 10.1 Å². The van der Waals surface area contributed by atoms with Crippen molar-refractivity contribution in [2.45, 2.75) is 0 Å². The van der Waals surface area contributed by atoms with Crippen LogP contribution in [0.15, 0.2) is 47.6 Å². The summed E-state index contributed by atoms with van der Waals surface area (Å²) in [6.07, 6.45) is 1.44. The molecule has 0 amide bonds. The number of benzene rings is 2. The highest BCUT2D eigenvalue weighted by Crippen LogP contribution is 2.29. The van der Waals surface area contributed by atoms with Gasteiger partial charge in [-0.2, -0.15) is 0 Å². The number of hydrogen-bond acceptors (Lipinski definition) is 7. The number of ether oxygens (including phenoxy) is 2. The van der Waals surface area contributed by atoms with Crippen LogP contribution < -0.4 is 9.64 Å². The molecule has 0 saturated carbocycles. The third-order valence-corrected chi connectivity index (χ3v) is 4.41. The van der Waals surface area contributed by atoms with E-state index in [2.05, 4.69) is 5.16 Å². The zero-order chi connectivity index (χ0) is 19.8. The molecule has 9 heteroatoms. The lowest BCUT2D eigenvalue weighted by Gasteiger charge is -2.28. The van der Waals surface area contributed by atoms with Crippen molar-refractivity contribution in [2.75, 3.05) is 44.4 Å². The minimum atomic E-state index is -0.388. The molecule has 0 unspecified atom stereocenters. The molecule has 1 aliphatic heterocycles. The van der Waals surface area contributed by atoms with Gasteiger partial charge in [0.25, 0.3) is 5.69 Å². The smallest absolute Gasteiger partial charge is 0.293 e. The number of anilines is 1. The first-order chi connectivity index (χ1) is 13.6. The zero-order valence-corrected chi connectivity index (χ0v) is 15.9. The lowest BCUT2D eigenvalue weighted by molar-refractivity contribution is -0.384. The third kappa shape index (κ3) is 5.34. The van der Waals surface area contributed by atoms with Gasteiger partial charge in [-0.15, -0.1) is 0 Å². The van der Waals surface area contributed by atoms with Gasteiger partial charge in [-0.1, -0.05) is 35.0 Å². The van der Waals surface area contributed by atoms with E-state index in [-0.39, 0.29) is 23.8 Å². The summed E-state index contributed by atoms with van der Waals surface area (Å²) in [5.74, 6) is 0.575. The summed E-state index contributed by atoms with van der Waals surface area (Å²) in [7, 11) is 0. The van der Waals surface area contributed by atoms with Gasteiger partial charge in [0, 0.05) is 24.7 Å². The highest BCUT2D eigenvalue weighted by molar-refractivity contribution is 6.32. The summed E-state index contributed by atoms with van der Waals surface area (Å²) in [6, 6.07) is 12.1. The molecule has 0 radical (unpaired) electrons. The number of nitro benzene ring substituents is 1. The van der Waals surface area contributed by atoms with Gasteiger partial charge in [-0.3, -0.25) is 10.1 Å². The van der Waals surface area contributed by atoms with E-state index < -0.39 is 0 Å². The molecule has 8 nitrogen and oxygen atoms in total. The molecule has 0 aliphatic carbocycles.